The Bertz CT molecular complexity index is 1070. The first kappa shape index (κ1) is 20.3. The third kappa shape index (κ3) is 4.52. The molecule has 1 aliphatic heterocycles. The maximum Gasteiger partial charge on any atom is 0.251 e. The standard InChI is InChI=1S/C23H25ClN4O3/c24-17-3-6-20-19(14-17)27-23(31-20)15-1-4-18(5-2-15)26-22(29)16-7-8-25-21(13-16)28-9-11-30-12-10-28/h3,6-8,13-15,18H,1-2,4-5,9-12H2,(H,26,29). The Morgan fingerprint density at radius 3 is 2.71 bits per heavy atom. The van der Waals surface area contributed by atoms with Crippen molar-refractivity contribution >= 4 is 34.4 Å². The second-order valence-electron chi connectivity index (χ2n) is 8.19. The third-order valence-corrected chi connectivity index (χ3v) is 6.36. The van der Waals surface area contributed by atoms with Crippen LogP contribution in [-0.4, -0.2) is 48.2 Å². The monoisotopic (exact) mass is 440 g/mol. The summed E-state index contributed by atoms with van der Waals surface area (Å²) in [5.41, 5.74) is 2.21. The number of nitrogens with one attached hydrogen (secondary N) is 1. The molecule has 1 aliphatic carbocycles. The zero-order chi connectivity index (χ0) is 21.2. The van der Waals surface area contributed by atoms with Gasteiger partial charge in [-0.05, 0) is 56.0 Å². The van der Waals surface area contributed by atoms with Gasteiger partial charge in [0.2, 0.25) is 0 Å². The molecule has 0 spiro atoms. The SMILES string of the molecule is O=C(NC1CCC(c2nc3cc(Cl)ccc3o2)CC1)c1ccnc(N2CCOCC2)c1. The molecule has 0 atom stereocenters. The predicted octanol–water partition coefficient (Wildman–Crippen LogP) is 4.17. The maximum atomic E-state index is 12.8. The van der Waals surface area contributed by atoms with Crippen LogP contribution >= 0.6 is 11.6 Å². The van der Waals surface area contributed by atoms with E-state index < -0.39 is 0 Å². The molecule has 162 valence electrons. The van der Waals surface area contributed by atoms with Crippen LogP contribution in [0.15, 0.2) is 40.9 Å². The highest BCUT2D eigenvalue weighted by atomic mass is 35.5. The van der Waals surface area contributed by atoms with Gasteiger partial charge in [-0.25, -0.2) is 9.97 Å². The second-order valence-corrected chi connectivity index (χ2v) is 8.62. The molecule has 7 nitrogen and oxygen atoms in total. The van der Waals surface area contributed by atoms with Crippen molar-refractivity contribution in [2.45, 2.75) is 37.6 Å². The van der Waals surface area contributed by atoms with Gasteiger partial charge in [-0.15, -0.1) is 0 Å². The molecule has 2 fully saturated rings. The molecule has 1 saturated heterocycles. The number of carbonyl (C=O) groups is 1. The van der Waals surface area contributed by atoms with Crippen molar-refractivity contribution in [1.82, 2.24) is 15.3 Å². The molecule has 5 rings (SSSR count). The molecule has 1 N–H and O–H groups in total. The Morgan fingerprint density at radius 2 is 1.90 bits per heavy atom. The van der Waals surface area contributed by atoms with E-state index in [4.69, 9.17) is 20.8 Å². The lowest BCUT2D eigenvalue weighted by molar-refractivity contribution is 0.0925. The number of fused-ring (bicyclic) bond motifs is 1. The van der Waals surface area contributed by atoms with Crippen LogP contribution in [0, 0.1) is 0 Å². The fourth-order valence-corrected chi connectivity index (χ4v) is 4.54. The zero-order valence-electron chi connectivity index (χ0n) is 17.2. The molecular weight excluding hydrogens is 416 g/mol. The van der Waals surface area contributed by atoms with Crippen LogP contribution in [-0.2, 0) is 4.74 Å². The van der Waals surface area contributed by atoms with Gasteiger partial charge in [0.15, 0.2) is 11.5 Å². The Labute approximate surface area is 185 Å². The maximum absolute atomic E-state index is 12.8. The highest BCUT2D eigenvalue weighted by Crippen LogP contribution is 2.34. The van der Waals surface area contributed by atoms with Gasteiger partial charge in [0.05, 0.1) is 13.2 Å². The minimum Gasteiger partial charge on any atom is -0.440 e. The van der Waals surface area contributed by atoms with E-state index >= 15 is 0 Å². The lowest BCUT2D eigenvalue weighted by Gasteiger charge is -2.29. The average Bonchev–Trinajstić information content (AvgIpc) is 3.23. The third-order valence-electron chi connectivity index (χ3n) is 6.12. The normalized spacial score (nSPS) is 21.9. The number of amides is 1. The zero-order valence-corrected chi connectivity index (χ0v) is 18.0. The molecule has 0 bridgehead atoms. The topological polar surface area (TPSA) is 80.5 Å². The van der Waals surface area contributed by atoms with Crippen LogP contribution in [0.3, 0.4) is 0 Å². The highest BCUT2D eigenvalue weighted by molar-refractivity contribution is 6.31. The van der Waals surface area contributed by atoms with E-state index in [9.17, 15) is 4.79 Å². The van der Waals surface area contributed by atoms with E-state index in [1.807, 2.05) is 24.3 Å². The molecule has 3 aromatic rings. The van der Waals surface area contributed by atoms with Crippen LogP contribution in [0.4, 0.5) is 5.82 Å². The van der Waals surface area contributed by atoms with Gasteiger partial charge in [0, 0.05) is 41.8 Å². The van der Waals surface area contributed by atoms with E-state index in [0.717, 1.165) is 61.6 Å². The van der Waals surface area contributed by atoms with Crippen molar-refractivity contribution in [3.8, 4) is 0 Å². The molecular formula is C23H25ClN4O3. The Morgan fingerprint density at radius 1 is 1.10 bits per heavy atom. The number of oxazole rings is 1. The average molecular weight is 441 g/mol. The van der Waals surface area contributed by atoms with E-state index in [1.54, 1.807) is 12.3 Å². The highest BCUT2D eigenvalue weighted by Gasteiger charge is 2.27. The number of morpholine rings is 1. The summed E-state index contributed by atoms with van der Waals surface area (Å²) in [7, 11) is 0. The molecule has 0 unspecified atom stereocenters. The lowest BCUT2D eigenvalue weighted by Crippen LogP contribution is -2.38. The van der Waals surface area contributed by atoms with Crippen molar-refractivity contribution < 1.29 is 13.9 Å². The van der Waals surface area contributed by atoms with Gasteiger partial charge in [-0.3, -0.25) is 4.79 Å². The van der Waals surface area contributed by atoms with Crippen molar-refractivity contribution in [3.05, 3.63) is 53.0 Å². The first-order valence-electron chi connectivity index (χ1n) is 10.8. The number of anilines is 1. The van der Waals surface area contributed by atoms with Gasteiger partial charge in [-0.1, -0.05) is 11.6 Å². The first-order valence-corrected chi connectivity index (χ1v) is 11.2. The van der Waals surface area contributed by atoms with Crippen LogP contribution in [0.25, 0.3) is 11.1 Å². The molecule has 31 heavy (non-hydrogen) atoms. The lowest BCUT2D eigenvalue weighted by atomic mass is 9.86. The van der Waals surface area contributed by atoms with E-state index in [0.29, 0.717) is 23.8 Å². The van der Waals surface area contributed by atoms with Gasteiger partial charge in [0.25, 0.3) is 5.91 Å². The minimum absolute atomic E-state index is 0.0446. The van der Waals surface area contributed by atoms with E-state index in [-0.39, 0.29) is 17.9 Å². The molecule has 3 heterocycles. The Balaban J connectivity index is 1.19. The summed E-state index contributed by atoms with van der Waals surface area (Å²) in [5.74, 6) is 1.83. The van der Waals surface area contributed by atoms with Crippen LogP contribution in [0.5, 0.6) is 0 Å². The predicted molar refractivity (Wildman–Crippen MR) is 119 cm³/mol. The molecule has 0 radical (unpaired) electrons. The Hall–Kier alpha value is -2.64. The van der Waals surface area contributed by atoms with Crippen molar-refractivity contribution in [2.24, 2.45) is 0 Å². The van der Waals surface area contributed by atoms with Crippen LogP contribution in [0.1, 0.15) is 47.8 Å². The fraction of sp³-hybridized carbons (Fsp3) is 0.435. The second kappa shape index (κ2) is 8.85. The molecule has 1 amide bonds. The molecule has 2 aliphatic rings. The summed E-state index contributed by atoms with van der Waals surface area (Å²) in [4.78, 5) is 24.0. The van der Waals surface area contributed by atoms with Crippen LogP contribution in [0.2, 0.25) is 5.02 Å². The van der Waals surface area contributed by atoms with Crippen molar-refractivity contribution in [2.75, 3.05) is 31.2 Å². The number of carbonyl (C=O) groups excluding carboxylic acids is 1. The number of halogens is 1. The van der Waals surface area contributed by atoms with Crippen LogP contribution < -0.4 is 10.2 Å². The van der Waals surface area contributed by atoms with Crippen molar-refractivity contribution in [3.63, 3.8) is 0 Å². The molecule has 8 heteroatoms. The number of aromatic nitrogens is 2. The molecule has 1 saturated carbocycles. The molecule has 1 aromatic carbocycles. The molecule has 2 aromatic heterocycles. The Kier molecular flexibility index (Phi) is 5.78. The first-order chi connectivity index (χ1) is 15.2. The summed E-state index contributed by atoms with van der Waals surface area (Å²) >= 11 is 6.05. The summed E-state index contributed by atoms with van der Waals surface area (Å²) in [5, 5.41) is 3.85. The van der Waals surface area contributed by atoms with Gasteiger partial charge < -0.3 is 19.4 Å². The number of ether oxygens (including phenoxy) is 1. The van der Waals surface area contributed by atoms with Gasteiger partial charge >= 0.3 is 0 Å². The van der Waals surface area contributed by atoms with Gasteiger partial charge in [0.1, 0.15) is 11.3 Å². The number of hydrogen-bond donors (Lipinski definition) is 1. The van der Waals surface area contributed by atoms with Gasteiger partial charge in [-0.2, -0.15) is 0 Å². The quantitative estimate of drug-likeness (QED) is 0.655. The van der Waals surface area contributed by atoms with Crippen molar-refractivity contribution in [1.29, 1.82) is 0 Å². The largest absolute Gasteiger partial charge is 0.440 e. The number of nitrogens with zero attached hydrogens (tertiary/aromatic N) is 3. The van der Waals surface area contributed by atoms with E-state index in [1.165, 1.54) is 0 Å². The summed E-state index contributed by atoms with van der Waals surface area (Å²) in [6.45, 7) is 2.97. The number of pyridine rings is 1. The number of benzene rings is 1. The fourth-order valence-electron chi connectivity index (χ4n) is 4.37. The summed E-state index contributed by atoms with van der Waals surface area (Å²) < 4.78 is 11.3. The summed E-state index contributed by atoms with van der Waals surface area (Å²) in [6.07, 6.45) is 5.37. The van der Waals surface area contributed by atoms with E-state index in [2.05, 4.69) is 20.2 Å². The number of rotatable bonds is 4. The number of hydrogen-bond acceptors (Lipinski definition) is 6. The minimum atomic E-state index is -0.0446. The smallest absolute Gasteiger partial charge is 0.251 e. The summed E-state index contributed by atoms with van der Waals surface area (Å²) in [6, 6.07) is 9.30.